The van der Waals surface area contributed by atoms with Crippen LogP contribution in [0.5, 0.6) is 5.75 Å². The second kappa shape index (κ2) is 9.13. The molecule has 1 fully saturated rings. The molecule has 1 aromatic carbocycles. The number of ether oxygens (including phenoxy) is 1. The van der Waals surface area contributed by atoms with Crippen LogP contribution in [0.4, 0.5) is 19.0 Å². The van der Waals surface area contributed by atoms with E-state index < -0.39 is 11.9 Å². The Morgan fingerprint density at radius 1 is 1.21 bits per heavy atom. The molecule has 182 valence electrons. The normalized spacial score (nSPS) is 15.5. The Bertz CT molecular complexity index is 1160. The molecule has 1 aliphatic rings. The Morgan fingerprint density at radius 2 is 1.94 bits per heavy atom. The Labute approximate surface area is 194 Å². The second-order valence-electron chi connectivity index (χ2n) is 9.05. The zero-order valence-electron chi connectivity index (χ0n) is 19.0. The molecule has 1 saturated heterocycles. The molecule has 0 unspecified atom stereocenters. The van der Waals surface area contributed by atoms with Gasteiger partial charge in [-0.25, -0.2) is 9.50 Å². The molecule has 0 bridgehead atoms. The van der Waals surface area contributed by atoms with Gasteiger partial charge in [0.05, 0.1) is 17.4 Å². The average molecular weight is 477 g/mol. The summed E-state index contributed by atoms with van der Waals surface area (Å²) in [6, 6.07) is 9.31. The first-order chi connectivity index (χ1) is 16.0. The van der Waals surface area contributed by atoms with Crippen molar-refractivity contribution in [2.45, 2.75) is 38.6 Å². The molecule has 2 aromatic heterocycles. The SMILES string of the molecule is CC(C)(N)C(=O)N1CCC(CNc2ccc3ncc(-c4cccc(OC(F)(F)F)c4)n3n2)CC1. The molecule has 0 radical (unpaired) electrons. The van der Waals surface area contributed by atoms with Gasteiger partial charge in [0, 0.05) is 25.2 Å². The van der Waals surface area contributed by atoms with E-state index in [-0.39, 0.29) is 11.7 Å². The van der Waals surface area contributed by atoms with Gasteiger partial charge >= 0.3 is 6.36 Å². The second-order valence-corrected chi connectivity index (χ2v) is 9.05. The molecule has 0 saturated carbocycles. The van der Waals surface area contributed by atoms with Crippen LogP contribution < -0.4 is 15.8 Å². The lowest BCUT2D eigenvalue weighted by atomic mass is 9.95. The Balaban J connectivity index is 1.43. The number of nitrogens with two attached hydrogens (primary N) is 1. The third-order valence-electron chi connectivity index (χ3n) is 5.75. The summed E-state index contributed by atoms with van der Waals surface area (Å²) in [6.45, 7) is 5.45. The van der Waals surface area contributed by atoms with Gasteiger partial charge in [-0.15, -0.1) is 18.3 Å². The van der Waals surface area contributed by atoms with E-state index >= 15 is 0 Å². The molecular weight excluding hydrogens is 449 g/mol. The molecule has 11 heteroatoms. The van der Waals surface area contributed by atoms with Crippen LogP contribution in [0.2, 0.25) is 0 Å². The zero-order chi connectivity index (χ0) is 24.5. The molecule has 8 nitrogen and oxygen atoms in total. The third-order valence-corrected chi connectivity index (χ3v) is 5.75. The van der Waals surface area contributed by atoms with Gasteiger partial charge in [0.2, 0.25) is 5.91 Å². The van der Waals surface area contributed by atoms with Crippen molar-refractivity contribution in [1.82, 2.24) is 19.5 Å². The summed E-state index contributed by atoms with van der Waals surface area (Å²) in [5.74, 6) is 0.650. The number of carbonyl (C=O) groups excluding carboxylic acids is 1. The largest absolute Gasteiger partial charge is 0.573 e. The number of alkyl halides is 3. The topological polar surface area (TPSA) is 97.8 Å². The van der Waals surface area contributed by atoms with Crippen LogP contribution >= 0.6 is 0 Å². The predicted molar refractivity (Wildman–Crippen MR) is 121 cm³/mol. The highest BCUT2D eigenvalue weighted by molar-refractivity contribution is 5.85. The van der Waals surface area contributed by atoms with Crippen LogP contribution in [0, 0.1) is 5.92 Å². The van der Waals surface area contributed by atoms with Gasteiger partial charge < -0.3 is 20.7 Å². The average Bonchev–Trinajstić information content (AvgIpc) is 3.19. The number of fused-ring (bicyclic) bond motifs is 1. The highest BCUT2D eigenvalue weighted by Gasteiger charge is 2.32. The first-order valence-corrected chi connectivity index (χ1v) is 11.0. The summed E-state index contributed by atoms with van der Waals surface area (Å²) >= 11 is 0. The molecule has 0 spiro atoms. The summed E-state index contributed by atoms with van der Waals surface area (Å²) < 4.78 is 43.4. The molecule has 0 aliphatic carbocycles. The van der Waals surface area contributed by atoms with E-state index in [4.69, 9.17) is 5.73 Å². The smallest absolute Gasteiger partial charge is 0.406 e. The number of piperidine rings is 1. The first-order valence-electron chi connectivity index (χ1n) is 11.0. The number of nitrogens with one attached hydrogen (secondary N) is 1. The van der Waals surface area contributed by atoms with Crippen LogP contribution in [0.1, 0.15) is 26.7 Å². The van der Waals surface area contributed by atoms with Gasteiger partial charge in [-0.3, -0.25) is 4.79 Å². The zero-order valence-corrected chi connectivity index (χ0v) is 19.0. The number of likely N-dealkylation sites (tertiary alicyclic amines) is 1. The lowest BCUT2D eigenvalue weighted by Gasteiger charge is -2.35. The fourth-order valence-corrected chi connectivity index (χ4v) is 4.01. The number of aromatic nitrogens is 3. The number of rotatable bonds is 6. The minimum Gasteiger partial charge on any atom is -0.406 e. The lowest BCUT2D eigenvalue weighted by molar-refractivity contribution is -0.274. The van der Waals surface area contributed by atoms with Crippen molar-refractivity contribution < 1.29 is 22.7 Å². The highest BCUT2D eigenvalue weighted by atomic mass is 19.4. The third kappa shape index (κ3) is 5.58. The number of hydrogen-bond donors (Lipinski definition) is 2. The first kappa shape index (κ1) is 23.8. The van der Waals surface area contributed by atoms with Crippen LogP contribution in [-0.2, 0) is 4.79 Å². The Morgan fingerprint density at radius 3 is 2.62 bits per heavy atom. The number of benzene rings is 1. The molecule has 4 rings (SSSR count). The van der Waals surface area contributed by atoms with Gasteiger partial charge in [-0.2, -0.15) is 0 Å². The van der Waals surface area contributed by atoms with Crippen LogP contribution in [0.25, 0.3) is 16.9 Å². The Hall–Kier alpha value is -3.34. The van der Waals surface area contributed by atoms with E-state index in [0.717, 1.165) is 12.8 Å². The van der Waals surface area contributed by atoms with Crippen molar-refractivity contribution >= 4 is 17.4 Å². The van der Waals surface area contributed by atoms with E-state index in [0.29, 0.717) is 48.3 Å². The van der Waals surface area contributed by atoms with Gasteiger partial charge in [0.1, 0.15) is 11.6 Å². The van der Waals surface area contributed by atoms with Gasteiger partial charge in [-0.05, 0) is 56.9 Å². The van der Waals surface area contributed by atoms with Crippen LogP contribution in [0.15, 0.2) is 42.6 Å². The van der Waals surface area contributed by atoms with Gasteiger partial charge in [0.15, 0.2) is 5.65 Å². The minimum atomic E-state index is -4.77. The number of amides is 1. The van der Waals surface area contributed by atoms with Crippen molar-refractivity contribution in [3.63, 3.8) is 0 Å². The summed E-state index contributed by atoms with van der Waals surface area (Å²) in [7, 11) is 0. The maximum atomic E-state index is 12.6. The number of anilines is 1. The lowest BCUT2D eigenvalue weighted by Crippen LogP contribution is -2.53. The molecule has 0 atom stereocenters. The fourth-order valence-electron chi connectivity index (χ4n) is 4.01. The Kier molecular flexibility index (Phi) is 6.39. The van der Waals surface area contributed by atoms with E-state index in [1.54, 1.807) is 36.7 Å². The van der Waals surface area contributed by atoms with E-state index in [2.05, 4.69) is 20.1 Å². The van der Waals surface area contributed by atoms with Gasteiger partial charge in [0.25, 0.3) is 0 Å². The number of nitrogens with zero attached hydrogens (tertiary/aromatic N) is 4. The molecule has 3 N–H and O–H groups in total. The minimum absolute atomic E-state index is 0.0385. The molecule has 1 amide bonds. The summed E-state index contributed by atoms with van der Waals surface area (Å²) in [5.41, 5.74) is 6.67. The summed E-state index contributed by atoms with van der Waals surface area (Å²) in [4.78, 5) is 18.5. The van der Waals surface area contributed by atoms with Crippen molar-refractivity contribution in [1.29, 1.82) is 0 Å². The summed E-state index contributed by atoms with van der Waals surface area (Å²) in [6.07, 6.45) is -1.49. The number of halogens is 3. The number of imidazole rings is 1. The molecule has 34 heavy (non-hydrogen) atoms. The van der Waals surface area contributed by atoms with Crippen molar-refractivity contribution in [2.75, 3.05) is 25.0 Å². The standard InChI is InChI=1S/C23H27F3N6O2/c1-22(2,27)21(33)31-10-8-15(9-11-31)13-28-19-6-7-20-29-14-18(32(20)30-19)16-4-3-5-17(12-16)34-23(24,25)26/h3-7,12,14-15H,8-11,13,27H2,1-2H3,(H,28,30). The van der Waals surface area contributed by atoms with E-state index in [1.165, 1.54) is 18.2 Å². The van der Waals surface area contributed by atoms with Gasteiger partial charge in [-0.1, -0.05) is 12.1 Å². The van der Waals surface area contributed by atoms with E-state index in [9.17, 15) is 18.0 Å². The number of hydrogen-bond acceptors (Lipinski definition) is 6. The highest BCUT2D eigenvalue weighted by Crippen LogP contribution is 2.28. The molecule has 3 heterocycles. The summed E-state index contributed by atoms with van der Waals surface area (Å²) in [5, 5.41) is 7.91. The van der Waals surface area contributed by atoms with Crippen molar-refractivity contribution in [2.24, 2.45) is 11.7 Å². The number of carbonyl (C=O) groups is 1. The molecule has 3 aromatic rings. The maximum Gasteiger partial charge on any atom is 0.573 e. The van der Waals surface area contributed by atoms with Crippen molar-refractivity contribution in [3.05, 3.63) is 42.6 Å². The molecular formula is C23H27F3N6O2. The van der Waals surface area contributed by atoms with Crippen molar-refractivity contribution in [3.8, 4) is 17.0 Å². The van der Waals surface area contributed by atoms with Crippen LogP contribution in [-0.4, -0.2) is 56.9 Å². The quantitative estimate of drug-likeness (QED) is 0.563. The monoisotopic (exact) mass is 476 g/mol. The van der Waals surface area contributed by atoms with E-state index in [1.807, 2.05) is 11.0 Å². The maximum absolute atomic E-state index is 12.6. The predicted octanol–water partition coefficient (Wildman–Crippen LogP) is 3.68. The molecule has 1 aliphatic heterocycles. The fraction of sp³-hybridized carbons (Fsp3) is 0.435. The van der Waals surface area contributed by atoms with Crippen LogP contribution in [0.3, 0.4) is 0 Å².